The third-order valence-electron chi connectivity index (χ3n) is 4.32. The minimum Gasteiger partial charge on any atom is -0.373 e. The predicted octanol–water partition coefficient (Wildman–Crippen LogP) is 1.26. The average Bonchev–Trinajstić information content (AvgIpc) is 3.03. The van der Waals surface area contributed by atoms with Crippen molar-refractivity contribution in [2.75, 3.05) is 38.6 Å². The van der Waals surface area contributed by atoms with Crippen molar-refractivity contribution < 1.29 is 4.79 Å². The number of nitrogens with zero attached hydrogens (tertiary/aromatic N) is 3. The van der Waals surface area contributed by atoms with Gasteiger partial charge in [0.1, 0.15) is 0 Å². The molecule has 122 valence electrons. The maximum absolute atomic E-state index is 12.6. The highest BCUT2D eigenvalue weighted by atomic mass is 16.2. The molecule has 1 aromatic carbocycles. The zero-order valence-electron chi connectivity index (χ0n) is 13.7. The fourth-order valence-corrected chi connectivity index (χ4v) is 2.80. The molecular weight excluding hydrogens is 290 g/mol. The molecule has 1 amide bonds. The second kappa shape index (κ2) is 6.83. The second-order valence-corrected chi connectivity index (χ2v) is 5.94. The van der Waals surface area contributed by atoms with Crippen LogP contribution < -0.4 is 10.2 Å². The highest BCUT2D eigenvalue weighted by Gasteiger charge is 2.23. The summed E-state index contributed by atoms with van der Waals surface area (Å²) in [6.45, 7) is 3.07. The zero-order chi connectivity index (χ0) is 16.2. The first-order valence-electron chi connectivity index (χ1n) is 7.95. The maximum Gasteiger partial charge on any atom is 0.274 e. The number of para-hydroxylation sites is 1. The molecule has 6 heteroatoms. The van der Waals surface area contributed by atoms with Crippen molar-refractivity contribution in [3.8, 4) is 0 Å². The molecule has 1 aliphatic heterocycles. The molecule has 0 atom stereocenters. The standard InChI is InChI=1S/C17H23N5O/c1-21(13-6-4-3-5-7-13)10-11-22(2)17(23)16-14-12-18-9-8-15(14)19-20-16/h3-7,18H,8-12H2,1-2H3,(H,19,20). The SMILES string of the molecule is CN(CCN(C)c1ccccc1)C(=O)c1n[nH]c2c1CNCC2. The van der Waals surface area contributed by atoms with E-state index in [-0.39, 0.29) is 5.91 Å². The van der Waals surface area contributed by atoms with E-state index < -0.39 is 0 Å². The Balaban J connectivity index is 1.61. The normalized spacial score (nSPS) is 13.5. The van der Waals surface area contributed by atoms with Crippen molar-refractivity contribution in [1.82, 2.24) is 20.4 Å². The minimum absolute atomic E-state index is 0.0207. The number of nitrogens with one attached hydrogen (secondary N) is 2. The Kier molecular flexibility index (Phi) is 4.62. The van der Waals surface area contributed by atoms with Gasteiger partial charge in [0.2, 0.25) is 0 Å². The number of anilines is 1. The first-order chi connectivity index (χ1) is 11.2. The number of aromatic amines is 1. The summed E-state index contributed by atoms with van der Waals surface area (Å²) >= 11 is 0. The van der Waals surface area contributed by atoms with Gasteiger partial charge < -0.3 is 15.1 Å². The number of fused-ring (bicyclic) bond motifs is 1. The van der Waals surface area contributed by atoms with Crippen molar-refractivity contribution in [1.29, 1.82) is 0 Å². The molecule has 0 saturated carbocycles. The van der Waals surface area contributed by atoms with Crippen LogP contribution in [0.1, 0.15) is 21.7 Å². The molecule has 0 aliphatic carbocycles. The van der Waals surface area contributed by atoms with Crippen LogP contribution in [0.2, 0.25) is 0 Å². The third-order valence-corrected chi connectivity index (χ3v) is 4.32. The minimum atomic E-state index is -0.0207. The number of carbonyl (C=O) groups excluding carboxylic acids is 1. The van der Waals surface area contributed by atoms with Crippen molar-refractivity contribution in [3.63, 3.8) is 0 Å². The molecule has 0 saturated heterocycles. The van der Waals surface area contributed by atoms with Gasteiger partial charge in [-0.1, -0.05) is 18.2 Å². The molecule has 1 aliphatic rings. The lowest BCUT2D eigenvalue weighted by atomic mass is 10.1. The largest absolute Gasteiger partial charge is 0.373 e. The van der Waals surface area contributed by atoms with Gasteiger partial charge in [0, 0.05) is 63.6 Å². The Morgan fingerprint density at radius 2 is 2.00 bits per heavy atom. The Morgan fingerprint density at radius 3 is 2.78 bits per heavy atom. The number of benzene rings is 1. The summed E-state index contributed by atoms with van der Waals surface area (Å²) in [5.74, 6) is -0.0207. The van der Waals surface area contributed by atoms with Crippen LogP contribution in [0, 0.1) is 0 Å². The van der Waals surface area contributed by atoms with Gasteiger partial charge >= 0.3 is 0 Å². The molecule has 6 nitrogen and oxygen atoms in total. The molecule has 1 aromatic heterocycles. The van der Waals surface area contributed by atoms with Crippen molar-refractivity contribution in [2.45, 2.75) is 13.0 Å². The first-order valence-corrected chi connectivity index (χ1v) is 7.95. The molecule has 0 bridgehead atoms. The summed E-state index contributed by atoms with van der Waals surface area (Å²) in [5.41, 5.74) is 3.80. The number of carbonyl (C=O) groups is 1. The molecule has 23 heavy (non-hydrogen) atoms. The van der Waals surface area contributed by atoms with E-state index in [1.165, 1.54) is 0 Å². The highest BCUT2D eigenvalue weighted by molar-refractivity contribution is 5.93. The van der Waals surface area contributed by atoms with Gasteiger partial charge in [0.15, 0.2) is 5.69 Å². The number of H-pyrrole nitrogens is 1. The number of hydrogen-bond donors (Lipinski definition) is 2. The van der Waals surface area contributed by atoms with Crippen LogP contribution in [0.3, 0.4) is 0 Å². The Bertz CT molecular complexity index is 667. The lowest BCUT2D eigenvalue weighted by molar-refractivity contribution is 0.0791. The third kappa shape index (κ3) is 3.37. The number of aromatic nitrogens is 2. The molecule has 0 fully saturated rings. The number of amides is 1. The van der Waals surface area contributed by atoms with Gasteiger partial charge in [0.25, 0.3) is 5.91 Å². The second-order valence-electron chi connectivity index (χ2n) is 5.94. The fraction of sp³-hybridized carbons (Fsp3) is 0.412. The van der Waals surface area contributed by atoms with Crippen molar-refractivity contribution in [3.05, 3.63) is 47.3 Å². The molecule has 0 radical (unpaired) electrons. The van der Waals surface area contributed by atoms with Gasteiger partial charge in [-0.2, -0.15) is 5.10 Å². The van der Waals surface area contributed by atoms with Crippen molar-refractivity contribution >= 4 is 11.6 Å². The van der Waals surface area contributed by atoms with Crippen LogP contribution in [0.4, 0.5) is 5.69 Å². The van der Waals surface area contributed by atoms with E-state index >= 15 is 0 Å². The van der Waals surface area contributed by atoms with Gasteiger partial charge in [0.05, 0.1) is 0 Å². The number of hydrogen-bond acceptors (Lipinski definition) is 4. The van der Waals surface area contributed by atoms with Crippen LogP contribution in [-0.2, 0) is 13.0 Å². The Labute approximate surface area is 136 Å². The van der Waals surface area contributed by atoms with E-state index in [0.717, 1.165) is 36.5 Å². The summed E-state index contributed by atoms with van der Waals surface area (Å²) in [7, 11) is 3.87. The zero-order valence-corrected chi connectivity index (χ0v) is 13.7. The predicted molar refractivity (Wildman–Crippen MR) is 90.7 cm³/mol. The van der Waals surface area contributed by atoms with Crippen LogP contribution in [-0.4, -0.2) is 54.7 Å². The van der Waals surface area contributed by atoms with Gasteiger partial charge in [-0.15, -0.1) is 0 Å². The Morgan fingerprint density at radius 1 is 1.22 bits per heavy atom. The molecule has 0 unspecified atom stereocenters. The van der Waals surface area contributed by atoms with Crippen LogP contribution in [0.25, 0.3) is 0 Å². The van der Waals surface area contributed by atoms with Crippen LogP contribution in [0.15, 0.2) is 30.3 Å². The van der Waals surface area contributed by atoms with Gasteiger partial charge in [-0.3, -0.25) is 9.89 Å². The summed E-state index contributed by atoms with van der Waals surface area (Å²) in [6.07, 6.45) is 0.899. The van der Waals surface area contributed by atoms with Gasteiger partial charge in [-0.25, -0.2) is 0 Å². The van der Waals surface area contributed by atoms with E-state index in [1.807, 2.05) is 32.3 Å². The number of rotatable bonds is 5. The lowest BCUT2D eigenvalue weighted by Gasteiger charge is -2.24. The summed E-state index contributed by atoms with van der Waals surface area (Å²) in [5, 5.41) is 10.5. The monoisotopic (exact) mass is 313 g/mol. The summed E-state index contributed by atoms with van der Waals surface area (Å²) in [4.78, 5) is 16.5. The smallest absolute Gasteiger partial charge is 0.274 e. The van der Waals surface area contributed by atoms with Crippen LogP contribution in [0.5, 0.6) is 0 Å². The first kappa shape index (κ1) is 15.6. The summed E-state index contributed by atoms with van der Waals surface area (Å²) < 4.78 is 0. The summed E-state index contributed by atoms with van der Waals surface area (Å²) in [6, 6.07) is 10.2. The number of likely N-dealkylation sites (N-methyl/N-ethyl adjacent to an activating group) is 2. The molecular formula is C17H23N5O. The quantitative estimate of drug-likeness (QED) is 0.872. The maximum atomic E-state index is 12.6. The molecule has 2 aromatic rings. The van der Waals surface area contributed by atoms with E-state index in [2.05, 4.69) is 32.5 Å². The van der Waals surface area contributed by atoms with Crippen LogP contribution >= 0.6 is 0 Å². The van der Waals surface area contributed by atoms with E-state index in [9.17, 15) is 4.79 Å². The topological polar surface area (TPSA) is 64.3 Å². The molecule has 2 heterocycles. The fourth-order valence-electron chi connectivity index (χ4n) is 2.80. The average molecular weight is 313 g/mol. The van der Waals surface area contributed by atoms with Crippen molar-refractivity contribution in [2.24, 2.45) is 0 Å². The molecule has 0 spiro atoms. The molecule has 3 rings (SSSR count). The van der Waals surface area contributed by atoms with E-state index in [1.54, 1.807) is 4.90 Å². The van der Waals surface area contributed by atoms with Gasteiger partial charge in [-0.05, 0) is 12.1 Å². The van der Waals surface area contributed by atoms with E-state index in [0.29, 0.717) is 18.8 Å². The lowest BCUT2D eigenvalue weighted by Crippen LogP contribution is -2.36. The Hall–Kier alpha value is -2.34. The van der Waals surface area contributed by atoms with E-state index in [4.69, 9.17) is 0 Å². The highest BCUT2D eigenvalue weighted by Crippen LogP contribution is 2.17. The molecule has 2 N–H and O–H groups in total.